The molecule has 1 nitrogen and oxygen atoms in total. The summed E-state index contributed by atoms with van der Waals surface area (Å²) in [5.41, 5.74) is 4.60. The number of halogens is 4. The van der Waals surface area contributed by atoms with Crippen LogP contribution < -0.4 is 4.74 Å². The lowest BCUT2D eigenvalue weighted by atomic mass is 9.97. The van der Waals surface area contributed by atoms with Crippen molar-refractivity contribution in [2.24, 2.45) is 0 Å². The van der Waals surface area contributed by atoms with Crippen LogP contribution in [0.15, 0.2) is 37.7 Å². The summed E-state index contributed by atoms with van der Waals surface area (Å²) in [4.78, 5) is 0.0532. The molecule has 0 aliphatic carbocycles. The number of methoxy groups -OCH3 is 1. The van der Waals surface area contributed by atoms with Gasteiger partial charge >= 0.3 is 0 Å². The highest BCUT2D eigenvalue weighted by molar-refractivity contribution is 9.11. The van der Waals surface area contributed by atoms with Gasteiger partial charge in [-0.3, -0.25) is 0 Å². The fraction of sp³-hybridized carbons (Fsp3) is 0.250. The molecule has 0 aliphatic heterocycles. The molecule has 2 rings (SSSR count). The van der Waals surface area contributed by atoms with Gasteiger partial charge in [-0.05, 0) is 54.8 Å². The molecule has 2 aromatic rings. The predicted molar refractivity (Wildman–Crippen MR) is 103 cm³/mol. The van der Waals surface area contributed by atoms with Crippen molar-refractivity contribution in [3.8, 4) is 5.75 Å². The van der Waals surface area contributed by atoms with Crippen LogP contribution >= 0.6 is 63.7 Å². The van der Waals surface area contributed by atoms with Gasteiger partial charge in [-0.2, -0.15) is 0 Å². The largest absolute Gasteiger partial charge is 0.496 e. The molecule has 5 heteroatoms. The van der Waals surface area contributed by atoms with Crippen LogP contribution in [-0.4, -0.2) is 7.11 Å². The summed E-state index contributed by atoms with van der Waals surface area (Å²) in [5.74, 6) is 0.925. The van der Waals surface area contributed by atoms with Gasteiger partial charge in [-0.15, -0.1) is 0 Å². The third kappa shape index (κ3) is 3.74. The van der Waals surface area contributed by atoms with E-state index in [0.29, 0.717) is 0 Å². The van der Waals surface area contributed by atoms with Crippen molar-refractivity contribution in [2.45, 2.75) is 18.7 Å². The van der Waals surface area contributed by atoms with E-state index >= 15 is 0 Å². The van der Waals surface area contributed by atoms with E-state index < -0.39 is 0 Å². The summed E-state index contributed by atoms with van der Waals surface area (Å²) in [6, 6.07) is 8.34. The SMILES string of the molecule is COc1c(C)cc(Br)c(C)c1C(Br)c1cc(Br)cc(Br)c1. The van der Waals surface area contributed by atoms with Gasteiger partial charge in [0.1, 0.15) is 5.75 Å². The van der Waals surface area contributed by atoms with Crippen molar-refractivity contribution >= 4 is 63.7 Å². The predicted octanol–water partition coefficient (Wildman–Crippen LogP) is 7.08. The number of hydrogen-bond donors (Lipinski definition) is 0. The lowest BCUT2D eigenvalue weighted by Gasteiger charge is -2.21. The van der Waals surface area contributed by atoms with Crippen LogP contribution in [-0.2, 0) is 0 Å². The first-order chi connectivity index (χ1) is 9.85. The molecule has 1 atom stereocenters. The number of ether oxygens (including phenoxy) is 1. The molecule has 1 unspecified atom stereocenters. The van der Waals surface area contributed by atoms with Crippen molar-refractivity contribution < 1.29 is 4.74 Å². The average Bonchev–Trinajstić information content (AvgIpc) is 2.40. The van der Waals surface area contributed by atoms with Crippen molar-refractivity contribution in [3.63, 3.8) is 0 Å². The quantitative estimate of drug-likeness (QED) is 0.377. The van der Waals surface area contributed by atoms with Crippen LogP contribution in [0, 0.1) is 13.8 Å². The molecule has 0 radical (unpaired) electrons. The molecule has 21 heavy (non-hydrogen) atoms. The molecule has 0 heterocycles. The van der Waals surface area contributed by atoms with E-state index in [0.717, 1.165) is 35.9 Å². The normalized spacial score (nSPS) is 12.3. The van der Waals surface area contributed by atoms with Gasteiger partial charge in [0.2, 0.25) is 0 Å². The van der Waals surface area contributed by atoms with Crippen LogP contribution in [0.2, 0.25) is 0 Å². The van der Waals surface area contributed by atoms with E-state index in [1.54, 1.807) is 7.11 Å². The lowest BCUT2D eigenvalue weighted by Crippen LogP contribution is -2.03. The van der Waals surface area contributed by atoms with Gasteiger partial charge in [-0.1, -0.05) is 63.7 Å². The standard InChI is InChI=1S/C16H14Br4O/c1-8-4-13(19)9(2)14(16(8)21-3)15(20)10-5-11(17)7-12(18)6-10/h4-7,15H,1-3H3. The van der Waals surface area contributed by atoms with Crippen LogP contribution in [0.3, 0.4) is 0 Å². The topological polar surface area (TPSA) is 9.23 Å². The van der Waals surface area contributed by atoms with E-state index in [9.17, 15) is 0 Å². The van der Waals surface area contributed by atoms with Gasteiger partial charge in [0, 0.05) is 19.0 Å². The van der Waals surface area contributed by atoms with Crippen LogP contribution in [0.5, 0.6) is 5.75 Å². The summed E-state index contributed by atoms with van der Waals surface area (Å²) in [6.07, 6.45) is 0. The molecule has 0 spiro atoms. The Morgan fingerprint density at radius 1 is 0.952 bits per heavy atom. The molecule has 2 aromatic carbocycles. The lowest BCUT2D eigenvalue weighted by molar-refractivity contribution is 0.406. The fourth-order valence-corrected chi connectivity index (χ4v) is 5.04. The zero-order chi connectivity index (χ0) is 15.7. The summed E-state index contributed by atoms with van der Waals surface area (Å²) >= 11 is 14.6. The van der Waals surface area contributed by atoms with E-state index in [1.807, 2.05) is 6.07 Å². The van der Waals surface area contributed by atoms with Crippen molar-refractivity contribution in [1.82, 2.24) is 0 Å². The zero-order valence-electron chi connectivity index (χ0n) is 11.8. The van der Waals surface area contributed by atoms with Gasteiger partial charge in [-0.25, -0.2) is 0 Å². The minimum Gasteiger partial charge on any atom is -0.496 e. The fourth-order valence-electron chi connectivity index (χ4n) is 2.34. The highest BCUT2D eigenvalue weighted by Crippen LogP contribution is 2.43. The third-order valence-electron chi connectivity index (χ3n) is 3.34. The molecule has 0 aromatic heterocycles. The molecule has 0 N–H and O–H groups in total. The molecule has 0 fully saturated rings. The Balaban J connectivity index is 2.64. The second-order valence-electron chi connectivity index (χ2n) is 4.81. The Morgan fingerprint density at radius 3 is 2.05 bits per heavy atom. The maximum Gasteiger partial charge on any atom is 0.126 e. The minimum absolute atomic E-state index is 0.0532. The molecule has 0 amide bonds. The molecule has 0 aliphatic rings. The highest BCUT2D eigenvalue weighted by atomic mass is 79.9. The van der Waals surface area contributed by atoms with E-state index in [2.05, 4.69) is 95.8 Å². The minimum atomic E-state index is 0.0532. The van der Waals surface area contributed by atoms with Crippen LogP contribution in [0.4, 0.5) is 0 Å². The van der Waals surface area contributed by atoms with Crippen LogP contribution in [0.1, 0.15) is 27.1 Å². The zero-order valence-corrected chi connectivity index (χ0v) is 18.2. The molecular formula is C16H14Br4O. The van der Waals surface area contributed by atoms with E-state index in [1.165, 1.54) is 5.56 Å². The van der Waals surface area contributed by atoms with Crippen molar-refractivity contribution in [2.75, 3.05) is 7.11 Å². The van der Waals surface area contributed by atoms with Gasteiger partial charge in [0.15, 0.2) is 0 Å². The van der Waals surface area contributed by atoms with E-state index in [4.69, 9.17) is 4.74 Å². The Kier molecular flexibility index (Phi) is 5.97. The first-order valence-corrected chi connectivity index (χ1v) is 9.58. The Bertz CT molecular complexity index is 662. The number of aryl methyl sites for hydroxylation is 1. The summed E-state index contributed by atoms with van der Waals surface area (Å²) in [5, 5.41) is 0. The summed E-state index contributed by atoms with van der Waals surface area (Å²) < 4.78 is 8.82. The van der Waals surface area contributed by atoms with E-state index in [-0.39, 0.29) is 4.83 Å². The first kappa shape index (κ1) is 17.5. The molecule has 0 saturated heterocycles. The third-order valence-corrected chi connectivity index (χ3v) is 6.07. The number of alkyl halides is 1. The second-order valence-corrected chi connectivity index (χ2v) is 8.41. The highest BCUT2D eigenvalue weighted by Gasteiger charge is 2.21. The number of hydrogen-bond acceptors (Lipinski definition) is 1. The maximum atomic E-state index is 5.64. The van der Waals surface area contributed by atoms with Gasteiger partial charge in [0.05, 0.1) is 11.9 Å². The van der Waals surface area contributed by atoms with Gasteiger partial charge < -0.3 is 4.74 Å². The van der Waals surface area contributed by atoms with Gasteiger partial charge in [0.25, 0.3) is 0 Å². The average molecular weight is 542 g/mol. The van der Waals surface area contributed by atoms with Crippen molar-refractivity contribution in [3.05, 3.63) is 59.9 Å². The second kappa shape index (κ2) is 7.16. The monoisotopic (exact) mass is 538 g/mol. The number of benzene rings is 2. The number of rotatable bonds is 3. The summed E-state index contributed by atoms with van der Waals surface area (Å²) in [7, 11) is 1.72. The smallest absolute Gasteiger partial charge is 0.126 e. The Labute approximate surface area is 159 Å². The van der Waals surface area contributed by atoms with Crippen LogP contribution in [0.25, 0.3) is 0 Å². The molecule has 0 bridgehead atoms. The summed E-state index contributed by atoms with van der Waals surface area (Å²) in [6.45, 7) is 4.16. The molecule has 112 valence electrons. The molecular weight excluding hydrogens is 528 g/mol. The first-order valence-electron chi connectivity index (χ1n) is 6.28. The maximum absolute atomic E-state index is 5.64. The Hall–Kier alpha value is 0.160. The molecule has 0 saturated carbocycles. The Morgan fingerprint density at radius 2 is 1.52 bits per heavy atom. The van der Waals surface area contributed by atoms with Crippen molar-refractivity contribution in [1.29, 1.82) is 0 Å².